The minimum atomic E-state index is -0.0818. The molecule has 1 aliphatic heterocycles. The van der Waals surface area contributed by atoms with E-state index in [0.717, 1.165) is 0 Å². The zero-order valence-corrected chi connectivity index (χ0v) is 8.49. The molecule has 2 N–H and O–H groups in total. The summed E-state index contributed by atoms with van der Waals surface area (Å²) in [4.78, 5) is 24.6. The van der Waals surface area contributed by atoms with Gasteiger partial charge in [0.05, 0.1) is 11.4 Å². The van der Waals surface area contributed by atoms with E-state index in [4.69, 9.17) is 5.73 Å². The maximum atomic E-state index is 11.6. The normalized spacial score (nSPS) is 15.0. The number of hydrogen-bond donors (Lipinski definition) is 1. The van der Waals surface area contributed by atoms with Gasteiger partial charge >= 0.3 is 0 Å². The van der Waals surface area contributed by atoms with Crippen molar-refractivity contribution in [2.75, 3.05) is 17.2 Å². The van der Waals surface area contributed by atoms with Crippen molar-refractivity contribution in [1.29, 1.82) is 0 Å². The van der Waals surface area contributed by atoms with Crippen LogP contribution in [-0.2, 0) is 4.79 Å². The van der Waals surface area contributed by atoms with Crippen LogP contribution in [-0.4, -0.2) is 18.2 Å². The number of ketones is 1. The summed E-state index contributed by atoms with van der Waals surface area (Å²) in [5, 5.41) is 0. The minimum Gasteiger partial charge on any atom is -0.397 e. The first-order valence-electron chi connectivity index (χ1n) is 4.81. The van der Waals surface area contributed by atoms with Gasteiger partial charge in [0, 0.05) is 25.5 Å². The lowest BCUT2D eigenvalue weighted by molar-refractivity contribution is -0.116. The van der Waals surface area contributed by atoms with Crippen LogP contribution in [0.4, 0.5) is 11.4 Å². The molecule has 0 spiro atoms. The summed E-state index contributed by atoms with van der Waals surface area (Å²) in [6, 6.07) is 5.15. The van der Waals surface area contributed by atoms with Crippen molar-refractivity contribution in [2.45, 2.75) is 13.3 Å². The highest BCUT2D eigenvalue weighted by atomic mass is 16.2. The van der Waals surface area contributed by atoms with E-state index in [9.17, 15) is 9.59 Å². The molecular formula is C11H12N2O2. The third-order valence-electron chi connectivity index (χ3n) is 2.58. The summed E-state index contributed by atoms with van der Waals surface area (Å²) in [6.07, 6.45) is 0.371. The number of para-hydroxylation sites is 1. The molecule has 4 nitrogen and oxygen atoms in total. The Morgan fingerprint density at radius 3 is 2.87 bits per heavy atom. The van der Waals surface area contributed by atoms with Crippen molar-refractivity contribution in [3.8, 4) is 0 Å². The van der Waals surface area contributed by atoms with Crippen LogP contribution in [0.2, 0.25) is 0 Å². The van der Waals surface area contributed by atoms with Gasteiger partial charge in [0.1, 0.15) is 0 Å². The second-order valence-corrected chi connectivity index (χ2v) is 3.59. The lowest BCUT2D eigenvalue weighted by Gasteiger charge is -2.28. The predicted molar refractivity (Wildman–Crippen MR) is 57.8 cm³/mol. The van der Waals surface area contributed by atoms with E-state index < -0.39 is 0 Å². The first-order chi connectivity index (χ1) is 7.11. The van der Waals surface area contributed by atoms with Gasteiger partial charge in [0.2, 0.25) is 5.91 Å². The average Bonchev–Trinajstić information content (AvgIpc) is 2.19. The van der Waals surface area contributed by atoms with Gasteiger partial charge in [-0.3, -0.25) is 9.59 Å². The molecule has 4 heteroatoms. The van der Waals surface area contributed by atoms with Crippen molar-refractivity contribution in [3.63, 3.8) is 0 Å². The molecule has 0 atom stereocenters. The Labute approximate surface area is 87.7 Å². The van der Waals surface area contributed by atoms with Gasteiger partial charge in [-0.25, -0.2) is 0 Å². The average molecular weight is 204 g/mol. The van der Waals surface area contributed by atoms with Crippen LogP contribution in [0.25, 0.3) is 0 Å². The maximum absolute atomic E-state index is 11.6. The Hall–Kier alpha value is -1.84. The van der Waals surface area contributed by atoms with Crippen molar-refractivity contribution in [1.82, 2.24) is 0 Å². The van der Waals surface area contributed by atoms with Crippen molar-refractivity contribution >= 4 is 23.1 Å². The number of anilines is 2. The van der Waals surface area contributed by atoms with Crippen LogP contribution in [0.15, 0.2) is 18.2 Å². The van der Waals surface area contributed by atoms with Gasteiger partial charge in [-0.05, 0) is 12.1 Å². The van der Waals surface area contributed by atoms with Gasteiger partial charge in [0.25, 0.3) is 0 Å². The number of rotatable bonds is 0. The molecule has 1 aliphatic rings. The second-order valence-electron chi connectivity index (χ2n) is 3.59. The van der Waals surface area contributed by atoms with E-state index >= 15 is 0 Å². The number of Topliss-reactive ketones (excluding diaryl/α,β-unsaturated/α-hetero) is 1. The van der Waals surface area contributed by atoms with Crippen molar-refractivity contribution < 1.29 is 9.59 Å². The molecule has 0 unspecified atom stereocenters. The Morgan fingerprint density at radius 1 is 1.47 bits per heavy atom. The fourth-order valence-electron chi connectivity index (χ4n) is 1.86. The zero-order chi connectivity index (χ0) is 11.0. The molecule has 15 heavy (non-hydrogen) atoms. The molecule has 0 radical (unpaired) electrons. The van der Waals surface area contributed by atoms with E-state index in [2.05, 4.69) is 0 Å². The van der Waals surface area contributed by atoms with Crippen LogP contribution in [0, 0.1) is 0 Å². The molecule has 0 saturated heterocycles. The fraction of sp³-hybridized carbons (Fsp3) is 0.273. The minimum absolute atomic E-state index is 0.0507. The Kier molecular flexibility index (Phi) is 2.19. The first kappa shape index (κ1) is 9.71. The highest BCUT2D eigenvalue weighted by molar-refractivity contribution is 6.11. The number of nitrogens with zero attached hydrogens (tertiary/aromatic N) is 1. The molecule has 0 bridgehead atoms. The predicted octanol–water partition coefficient (Wildman–Crippen LogP) is 1.21. The molecule has 1 aromatic carbocycles. The molecule has 1 amide bonds. The van der Waals surface area contributed by atoms with Crippen LogP contribution in [0.5, 0.6) is 0 Å². The molecule has 78 valence electrons. The number of hydrogen-bond acceptors (Lipinski definition) is 3. The van der Waals surface area contributed by atoms with Crippen LogP contribution >= 0.6 is 0 Å². The van der Waals surface area contributed by atoms with E-state index in [1.807, 2.05) is 0 Å². The molecule has 0 aliphatic carbocycles. The smallest absolute Gasteiger partial charge is 0.223 e. The molecule has 0 fully saturated rings. The number of carbonyl (C=O) groups excluding carboxylic acids is 2. The molecule has 1 aromatic rings. The molecule has 2 rings (SSSR count). The highest BCUT2D eigenvalue weighted by Gasteiger charge is 2.26. The van der Waals surface area contributed by atoms with Crippen molar-refractivity contribution in [3.05, 3.63) is 23.8 Å². The van der Waals surface area contributed by atoms with Crippen LogP contribution < -0.4 is 10.6 Å². The zero-order valence-electron chi connectivity index (χ0n) is 8.49. The van der Waals surface area contributed by atoms with Crippen LogP contribution in [0.1, 0.15) is 23.7 Å². The quantitative estimate of drug-likeness (QED) is 0.646. The summed E-state index contributed by atoms with van der Waals surface area (Å²) in [5.41, 5.74) is 7.39. The van der Waals surface area contributed by atoms with E-state index in [0.29, 0.717) is 29.9 Å². The Balaban J connectivity index is 2.61. The monoisotopic (exact) mass is 204 g/mol. The third-order valence-corrected chi connectivity index (χ3v) is 2.58. The summed E-state index contributed by atoms with van der Waals surface area (Å²) in [7, 11) is 0. The van der Waals surface area contributed by atoms with Crippen molar-refractivity contribution in [2.24, 2.45) is 0 Å². The molecule has 0 saturated carbocycles. The SMILES string of the molecule is CC(=O)N1CCC(=O)c2cccc(N)c21. The Bertz CT molecular complexity index is 440. The summed E-state index contributed by atoms with van der Waals surface area (Å²) < 4.78 is 0. The number of carbonyl (C=O) groups is 2. The number of fused-ring (bicyclic) bond motifs is 1. The van der Waals surface area contributed by atoms with E-state index in [1.54, 1.807) is 23.1 Å². The number of nitrogens with two attached hydrogens (primary N) is 1. The second kappa shape index (κ2) is 3.38. The van der Waals surface area contributed by atoms with Gasteiger partial charge in [-0.2, -0.15) is 0 Å². The lowest BCUT2D eigenvalue weighted by atomic mass is 9.99. The van der Waals surface area contributed by atoms with Gasteiger partial charge in [-0.1, -0.05) is 6.07 Å². The molecular weight excluding hydrogens is 192 g/mol. The van der Waals surface area contributed by atoms with Gasteiger partial charge in [-0.15, -0.1) is 0 Å². The summed E-state index contributed by atoms with van der Waals surface area (Å²) in [6.45, 7) is 1.90. The fourth-order valence-corrected chi connectivity index (χ4v) is 1.86. The lowest BCUT2D eigenvalue weighted by Crippen LogP contribution is -2.36. The topological polar surface area (TPSA) is 63.4 Å². The molecule has 0 aromatic heterocycles. The maximum Gasteiger partial charge on any atom is 0.223 e. The highest BCUT2D eigenvalue weighted by Crippen LogP contribution is 2.32. The third kappa shape index (κ3) is 1.48. The Morgan fingerprint density at radius 2 is 2.20 bits per heavy atom. The van der Waals surface area contributed by atoms with Gasteiger partial charge in [0.15, 0.2) is 5.78 Å². The van der Waals surface area contributed by atoms with E-state index in [-0.39, 0.29) is 11.7 Å². The number of amides is 1. The standard InChI is InChI=1S/C11H12N2O2/c1-7(14)13-6-5-10(15)8-3-2-4-9(12)11(8)13/h2-4H,5-6,12H2,1H3. The number of nitrogen functional groups attached to an aromatic ring is 1. The van der Waals surface area contributed by atoms with Gasteiger partial charge < -0.3 is 10.6 Å². The molecule has 1 heterocycles. The largest absolute Gasteiger partial charge is 0.397 e. The van der Waals surface area contributed by atoms with Crippen LogP contribution in [0.3, 0.4) is 0 Å². The first-order valence-corrected chi connectivity index (χ1v) is 4.81. The number of benzene rings is 1. The summed E-state index contributed by atoms with van der Waals surface area (Å²) >= 11 is 0. The van der Waals surface area contributed by atoms with E-state index in [1.165, 1.54) is 6.92 Å². The summed E-state index contributed by atoms with van der Waals surface area (Å²) in [5.74, 6) is -0.0311.